The van der Waals surface area contributed by atoms with Gasteiger partial charge in [0.15, 0.2) is 11.4 Å². The molecule has 0 radical (unpaired) electrons. The zero-order valence-electron chi connectivity index (χ0n) is 24.6. The largest absolute Gasteiger partial charge is 0.508 e. The first kappa shape index (κ1) is 31.0. The molecule has 0 unspecified atom stereocenters. The van der Waals surface area contributed by atoms with Gasteiger partial charge in [-0.05, 0) is 62.9 Å². The van der Waals surface area contributed by atoms with Crippen molar-refractivity contribution in [2.24, 2.45) is 17.6 Å². The fourth-order valence-corrected chi connectivity index (χ4v) is 6.57. The van der Waals surface area contributed by atoms with E-state index in [2.05, 4.69) is 0 Å². The Hall–Kier alpha value is -3.90. The monoisotopic (exact) mass is 585 g/mol. The van der Waals surface area contributed by atoms with Gasteiger partial charge in [-0.3, -0.25) is 24.1 Å². The number of benzene rings is 1. The summed E-state index contributed by atoms with van der Waals surface area (Å²) < 4.78 is 5.22. The molecule has 0 aromatic heterocycles. The van der Waals surface area contributed by atoms with E-state index in [4.69, 9.17) is 10.5 Å². The Morgan fingerprint density at radius 2 is 1.81 bits per heavy atom. The minimum absolute atomic E-state index is 0.00471. The number of ether oxygens (including phenoxy) is 1. The number of carbonyl (C=O) groups excluding carboxylic acids is 4. The summed E-state index contributed by atoms with van der Waals surface area (Å²) in [5.41, 5.74) is 3.14. The number of carbonyl (C=O) groups is 4. The maximum absolute atomic E-state index is 14.0. The minimum Gasteiger partial charge on any atom is -0.508 e. The Labute approximate surface area is 244 Å². The van der Waals surface area contributed by atoms with Crippen LogP contribution in [0.5, 0.6) is 5.75 Å². The van der Waals surface area contributed by atoms with Crippen LogP contribution in [0.3, 0.4) is 0 Å². The van der Waals surface area contributed by atoms with Crippen molar-refractivity contribution in [2.75, 3.05) is 39.7 Å². The maximum atomic E-state index is 14.0. The number of aliphatic hydroxyl groups excluding tert-OH is 2. The molecular formula is C30H39N3O9. The number of esters is 1. The van der Waals surface area contributed by atoms with E-state index < -0.39 is 64.0 Å². The Bertz CT molecular complexity index is 1410. The predicted molar refractivity (Wildman–Crippen MR) is 153 cm³/mol. The van der Waals surface area contributed by atoms with Crippen LogP contribution in [0.2, 0.25) is 0 Å². The zero-order chi connectivity index (χ0) is 31.3. The van der Waals surface area contributed by atoms with E-state index in [-0.39, 0.29) is 42.6 Å². The van der Waals surface area contributed by atoms with Crippen molar-refractivity contribution in [2.45, 2.75) is 57.1 Å². The van der Waals surface area contributed by atoms with Crippen LogP contribution in [0.1, 0.15) is 49.3 Å². The Morgan fingerprint density at radius 3 is 2.38 bits per heavy atom. The first-order chi connectivity index (χ1) is 19.7. The van der Waals surface area contributed by atoms with Gasteiger partial charge in [-0.2, -0.15) is 0 Å². The molecule has 0 aliphatic heterocycles. The zero-order valence-corrected chi connectivity index (χ0v) is 24.6. The highest BCUT2D eigenvalue weighted by Crippen LogP contribution is 2.54. The van der Waals surface area contributed by atoms with Crippen molar-refractivity contribution >= 4 is 34.9 Å². The Balaban J connectivity index is 1.85. The van der Waals surface area contributed by atoms with Crippen LogP contribution in [0.25, 0.3) is 5.76 Å². The number of aromatic hydroxyl groups is 1. The van der Waals surface area contributed by atoms with E-state index in [0.717, 1.165) is 12.8 Å². The summed E-state index contributed by atoms with van der Waals surface area (Å²) in [4.78, 5) is 54.9. The lowest BCUT2D eigenvalue weighted by Crippen LogP contribution is -2.65. The lowest BCUT2D eigenvalue weighted by atomic mass is 9.57. The fraction of sp³-hybridized carbons (Fsp3) is 0.533. The number of phenolic OH excluding ortho intramolecular Hbond substituents is 1. The lowest BCUT2D eigenvalue weighted by molar-refractivity contribution is -0.153. The number of likely N-dealkylation sites (N-methyl/N-ethyl adjacent to an activating group) is 1. The standard InChI is InChI=1S/C30H39N3O9/c1-6-7-10-42-19(34)9-8-14-13-18(32(2)3)16-11-15-12-17-23(33(4)5)26(37)22(29(31)40)28(39)30(17,41)27(38)20(15)25(36)21(16)24(14)35/h13,15,17,23,35-36,39,41H,6-12H2,1-5H3,(H2,31,40)/t15-,17-,23-,30+/m1/s1. The molecule has 1 aromatic rings. The van der Waals surface area contributed by atoms with E-state index >= 15 is 0 Å². The first-order valence-corrected chi connectivity index (χ1v) is 14.0. The quantitative estimate of drug-likeness (QED) is 0.159. The van der Waals surface area contributed by atoms with E-state index in [0.29, 0.717) is 23.4 Å². The average molecular weight is 586 g/mol. The number of rotatable bonds is 9. The SMILES string of the molecule is CCCCOC(=O)CCc1cc(N(C)C)c2c(c1O)C(O)=C1C(=O)[C@]3(O)C(O)=C(C(N)=O)C(=O)[C@H](N(C)C)[C@H]3C[C@H]1C2. The molecule has 4 rings (SSSR count). The molecule has 0 heterocycles. The van der Waals surface area contributed by atoms with Crippen LogP contribution in [0.4, 0.5) is 5.69 Å². The van der Waals surface area contributed by atoms with E-state index in [9.17, 15) is 39.6 Å². The van der Waals surface area contributed by atoms with Crippen LogP contribution >= 0.6 is 0 Å². The third-order valence-corrected chi connectivity index (χ3v) is 8.62. The number of amides is 1. The predicted octanol–water partition coefficient (Wildman–Crippen LogP) is 1.31. The first-order valence-electron chi connectivity index (χ1n) is 14.0. The fourth-order valence-electron chi connectivity index (χ4n) is 6.57. The van der Waals surface area contributed by atoms with E-state index in [1.807, 2.05) is 6.92 Å². The Morgan fingerprint density at radius 1 is 1.14 bits per heavy atom. The molecule has 12 heteroatoms. The number of Topliss-reactive ketones (excluding diaryl/α,β-unsaturated/α-hetero) is 2. The molecule has 12 nitrogen and oxygen atoms in total. The van der Waals surface area contributed by atoms with Gasteiger partial charge >= 0.3 is 5.97 Å². The highest BCUT2D eigenvalue weighted by Gasteiger charge is 2.64. The number of fused-ring (bicyclic) bond motifs is 3. The van der Waals surface area contributed by atoms with Crippen LogP contribution in [0.15, 0.2) is 23.0 Å². The number of ketones is 2. The second kappa shape index (κ2) is 11.4. The number of nitrogens with two attached hydrogens (primary N) is 1. The van der Waals surface area contributed by atoms with Crippen molar-refractivity contribution in [3.05, 3.63) is 39.7 Å². The number of nitrogens with zero attached hydrogens (tertiary/aromatic N) is 2. The van der Waals surface area contributed by atoms with Gasteiger partial charge in [0.05, 0.1) is 18.2 Å². The van der Waals surface area contributed by atoms with Gasteiger partial charge in [0.2, 0.25) is 5.78 Å². The third kappa shape index (κ3) is 4.82. The number of aryl methyl sites for hydroxylation is 1. The summed E-state index contributed by atoms with van der Waals surface area (Å²) in [6, 6.07) is 0.580. The lowest BCUT2D eigenvalue weighted by Gasteiger charge is -2.50. The third-order valence-electron chi connectivity index (χ3n) is 8.62. The van der Waals surface area contributed by atoms with Gasteiger partial charge in [-0.15, -0.1) is 0 Å². The molecule has 4 atom stereocenters. The smallest absolute Gasteiger partial charge is 0.306 e. The number of hydrogen-bond acceptors (Lipinski definition) is 11. The van der Waals surface area contributed by atoms with Crippen molar-refractivity contribution in [1.29, 1.82) is 0 Å². The Kier molecular flexibility index (Phi) is 8.43. The number of unbranched alkanes of at least 4 members (excludes halogenated alkanes) is 1. The molecule has 3 aliphatic carbocycles. The molecule has 1 fully saturated rings. The molecule has 1 aromatic carbocycles. The van der Waals surface area contributed by atoms with Gasteiger partial charge in [0.25, 0.3) is 5.91 Å². The van der Waals surface area contributed by atoms with Crippen LogP contribution < -0.4 is 10.6 Å². The molecule has 1 saturated carbocycles. The van der Waals surface area contributed by atoms with Crippen molar-refractivity contribution in [3.63, 3.8) is 0 Å². The normalized spacial score (nSPS) is 25.3. The number of hydrogen-bond donors (Lipinski definition) is 5. The summed E-state index contributed by atoms with van der Waals surface area (Å²) in [5.74, 6) is -7.43. The van der Waals surface area contributed by atoms with Crippen LogP contribution in [0, 0.1) is 11.8 Å². The highest BCUT2D eigenvalue weighted by atomic mass is 16.5. The van der Waals surface area contributed by atoms with Crippen LogP contribution in [-0.2, 0) is 36.8 Å². The summed E-state index contributed by atoms with van der Waals surface area (Å²) in [6.07, 6.45) is 1.88. The molecule has 0 bridgehead atoms. The van der Waals surface area contributed by atoms with Crippen LogP contribution in [-0.4, -0.2) is 95.2 Å². The van der Waals surface area contributed by atoms with Gasteiger partial charge < -0.3 is 35.8 Å². The molecule has 6 N–H and O–H groups in total. The average Bonchev–Trinajstić information content (AvgIpc) is 2.89. The van der Waals surface area contributed by atoms with E-state index in [1.54, 1.807) is 39.2 Å². The number of phenols is 1. The summed E-state index contributed by atoms with van der Waals surface area (Å²) in [7, 11) is 6.67. The van der Waals surface area contributed by atoms with Gasteiger partial charge in [0, 0.05) is 37.7 Å². The van der Waals surface area contributed by atoms with E-state index in [1.165, 1.54) is 4.90 Å². The minimum atomic E-state index is -2.70. The number of anilines is 1. The molecule has 0 spiro atoms. The molecule has 228 valence electrons. The summed E-state index contributed by atoms with van der Waals surface area (Å²) >= 11 is 0. The van der Waals surface area contributed by atoms with Crippen molar-refractivity contribution in [3.8, 4) is 5.75 Å². The van der Waals surface area contributed by atoms with Gasteiger partial charge in [0.1, 0.15) is 22.8 Å². The van der Waals surface area contributed by atoms with Crippen molar-refractivity contribution in [1.82, 2.24) is 4.90 Å². The molecule has 1 amide bonds. The maximum Gasteiger partial charge on any atom is 0.306 e. The van der Waals surface area contributed by atoms with Gasteiger partial charge in [-0.25, -0.2) is 0 Å². The molecular weight excluding hydrogens is 546 g/mol. The molecule has 3 aliphatic rings. The van der Waals surface area contributed by atoms with Crippen molar-refractivity contribution < 1.29 is 44.3 Å². The molecule has 0 saturated heterocycles. The van der Waals surface area contributed by atoms with Gasteiger partial charge in [-0.1, -0.05) is 13.3 Å². The number of aliphatic hydroxyl groups is 3. The highest BCUT2D eigenvalue weighted by molar-refractivity contribution is 6.24. The molecule has 42 heavy (non-hydrogen) atoms. The second-order valence-electron chi connectivity index (χ2n) is 11.7. The summed E-state index contributed by atoms with van der Waals surface area (Å²) in [6.45, 7) is 2.28. The second-order valence-corrected chi connectivity index (χ2v) is 11.7. The number of primary amides is 1. The topological polar surface area (TPSA) is 191 Å². The summed E-state index contributed by atoms with van der Waals surface area (Å²) in [5, 5.41) is 45.6.